The molecule has 2 aromatic carbocycles. The van der Waals surface area contributed by atoms with E-state index in [2.05, 4.69) is 41.5 Å². The Bertz CT molecular complexity index is 976. The van der Waals surface area contributed by atoms with E-state index in [0.717, 1.165) is 33.4 Å². The third-order valence-electron chi connectivity index (χ3n) is 5.63. The van der Waals surface area contributed by atoms with Crippen LogP contribution in [0, 0.1) is 13.8 Å². The molecule has 0 atom stereocenters. The SMILES string of the molecule is Cc1cc(C(c2ccco2)c2cc(C)cc(C(C)(C)C)c2O)c(O)c(C(C)(C)C)c1. The Hall–Kier alpha value is -2.68. The van der Waals surface area contributed by atoms with Crippen molar-refractivity contribution in [1.82, 2.24) is 0 Å². The number of phenolic OH excluding ortho intramolecular Hbond substituents is 2. The fourth-order valence-corrected chi connectivity index (χ4v) is 4.13. The summed E-state index contributed by atoms with van der Waals surface area (Å²) in [5.41, 5.74) is 4.95. The molecule has 30 heavy (non-hydrogen) atoms. The van der Waals surface area contributed by atoms with Crippen molar-refractivity contribution in [1.29, 1.82) is 0 Å². The van der Waals surface area contributed by atoms with Gasteiger partial charge < -0.3 is 14.6 Å². The van der Waals surface area contributed by atoms with Gasteiger partial charge in [-0.1, -0.05) is 76.9 Å². The highest BCUT2D eigenvalue weighted by atomic mass is 16.3. The molecule has 0 aliphatic heterocycles. The lowest BCUT2D eigenvalue weighted by Gasteiger charge is -2.28. The molecule has 0 aliphatic carbocycles. The molecule has 3 rings (SSSR count). The molecule has 2 N–H and O–H groups in total. The minimum absolute atomic E-state index is 0.218. The van der Waals surface area contributed by atoms with E-state index in [1.165, 1.54) is 0 Å². The molecule has 0 unspecified atom stereocenters. The first-order valence-electron chi connectivity index (χ1n) is 10.5. The number of aromatic hydroxyl groups is 2. The summed E-state index contributed by atoms with van der Waals surface area (Å²) in [6.45, 7) is 16.6. The fraction of sp³-hybridized carbons (Fsp3) is 0.407. The number of hydrogen-bond acceptors (Lipinski definition) is 3. The van der Waals surface area contributed by atoms with E-state index in [1.54, 1.807) is 6.26 Å². The standard InChI is InChI=1S/C27H34O3/c1-16-12-18(24(28)20(14-16)26(3,4)5)23(22-10-9-11-30-22)19-13-17(2)15-21(25(19)29)27(6,7)8/h9-15,23,28-29H,1-8H3. The van der Waals surface area contributed by atoms with Crippen molar-refractivity contribution >= 4 is 0 Å². The number of hydrogen-bond donors (Lipinski definition) is 2. The van der Waals surface area contributed by atoms with E-state index in [1.807, 2.05) is 50.2 Å². The highest BCUT2D eigenvalue weighted by Crippen LogP contribution is 2.47. The zero-order valence-corrected chi connectivity index (χ0v) is 19.4. The fourth-order valence-electron chi connectivity index (χ4n) is 4.13. The van der Waals surface area contributed by atoms with Gasteiger partial charge in [0.2, 0.25) is 0 Å². The topological polar surface area (TPSA) is 53.6 Å². The van der Waals surface area contributed by atoms with Crippen LogP contribution in [0.4, 0.5) is 0 Å². The van der Waals surface area contributed by atoms with Crippen LogP contribution in [0.2, 0.25) is 0 Å². The summed E-state index contributed by atoms with van der Waals surface area (Å²) < 4.78 is 5.82. The molecule has 0 fully saturated rings. The number of rotatable bonds is 3. The van der Waals surface area contributed by atoms with E-state index >= 15 is 0 Å². The van der Waals surface area contributed by atoms with Gasteiger partial charge in [-0.3, -0.25) is 0 Å². The Labute approximate surface area is 180 Å². The highest BCUT2D eigenvalue weighted by molar-refractivity contribution is 5.58. The number of aryl methyl sites for hydroxylation is 2. The lowest BCUT2D eigenvalue weighted by molar-refractivity contribution is 0.421. The summed E-state index contributed by atoms with van der Waals surface area (Å²) in [4.78, 5) is 0. The van der Waals surface area contributed by atoms with Gasteiger partial charge in [-0.2, -0.15) is 0 Å². The molecule has 0 spiro atoms. The Kier molecular flexibility index (Phi) is 5.53. The van der Waals surface area contributed by atoms with Gasteiger partial charge in [-0.05, 0) is 47.9 Å². The molecule has 0 amide bonds. The molecule has 3 heteroatoms. The van der Waals surface area contributed by atoms with Crippen molar-refractivity contribution in [3.05, 3.63) is 81.8 Å². The van der Waals surface area contributed by atoms with E-state index < -0.39 is 5.92 Å². The van der Waals surface area contributed by atoms with Crippen molar-refractivity contribution in [3.63, 3.8) is 0 Å². The zero-order chi connectivity index (χ0) is 22.4. The van der Waals surface area contributed by atoms with Crippen LogP contribution in [0.15, 0.2) is 47.1 Å². The Balaban J connectivity index is 2.37. The van der Waals surface area contributed by atoms with Crippen molar-refractivity contribution in [3.8, 4) is 11.5 Å². The molecular weight excluding hydrogens is 372 g/mol. The molecule has 0 radical (unpaired) electrons. The van der Waals surface area contributed by atoms with Crippen molar-refractivity contribution in [2.24, 2.45) is 0 Å². The molecule has 0 aliphatic rings. The third-order valence-corrected chi connectivity index (χ3v) is 5.63. The average Bonchev–Trinajstić information content (AvgIpc) is 3.12. The lowest BCUT2D eigenvalue weighted by atomic mass is 9.77. The van der Waals surface area contributed by atoms with Crippen LogP contribution >= 0.6 is 0 Å². The van der Waals surface area contributed by atoms with Crippen LogP contribution in [0.25, 0.3) is 0 Å². The zero-order valence-electron chi connectivity index (χ0n) is 19.4. The summed E-state index contributed by atoms with van der Waals surface area (Å²) in [5.74, 6) is 0.791. The van der Waals surface area contributed by atoms with E-state index in [9.17, 15) is 10.2 Å². The quantitative estimate of drug-likeness (QED) is 0.488. The van der Waals surface area contributed by atoms with Crippen molar-refractivity contribution < 1.29 is 14.6 Å². The molecular formula is C27H34O3. The predicted octanol–water partition coefficient (Wildman–Crippen LogP) is 7.08. The maximum absolute atomic E-state index is 11.3. The van der Waals surface area contributed by atoms with E-state index in [4.69, 9.17) is 4.42 Å². The van der Waals surface area contributed by atoms with Crippen LogP contribution < -0.4 is 0 Å². The van der Waals surface area contributed by atoms with Crippen molar-refractivity contribution in [2.45, 2.75) is 72.1 Å². The van der Waals surface area contributed by atoms with Crippen LogP contribution in [-0.4, -0.2) is 10.2 Å². The van der Waals surface area contributed by atoms with Crippen LogP contribution in [-0.2, 0) is 10.8 Å². The Morgan fingerprint density at radius 1 is 0.733 bits per heavy atom. The van der Waals surface area contributed by atoms with Gasteiger partial charge in [0.25, 0.3) is 0 Å². The second-order valence-electron chi connectivity index (χ2n) is 10.4. The monoisotopic (exact) mass is 406 g/mol. The number of benzene rings is 2. The maximum atomic E-state index is 11.3. The van der Waals surface area contributed by atoms with Crippen LogP contribution in [0.1, 0.15) is 86.6 Å². The van der Waals surface area contributed by atoms with Gasteiger partial charge in [0.1, 0.15) is 17.3 Å². The first kappa shape index (κ1) is 22.0. The molecule has 0 saturated carbocycles. The summed E-state index contributed by atoms with van der Waals surface area (Å²) >= 11 is 0. The Morgan fingerprint density at radius 2 is 1.17 bits per heavy atom. The predicted molar refractivity (Wildman–Crippen MR) is 123 cm³/mol. The van der Waals surface area contributed by atoms with Crippen LogP contribution in [0.5, 0.6) is 11.5 Å². The number of phenols is 2. The smallest absolute Gasteiger partial charge is 0.123 e. The molecule has 3 nitrogen and oxygen atoms in total. The van der Waals surface area contributed by atoms with Gasteiger partial charge >= 0.3 is 0 Å². The normalized spacial score (nSPS) is 12.6. The van der Waals surface area contributed by atoms with Gasteiger partial charge in [0.05, 0.1) is 12.2 Å². The average molecular weight is 407 g/mol. The lowest BCUT2D eigenvalue weighted by Crippen LogP contribution is -2.16. The summed E-state index contributed by atoms with van der Waals surface area (Å²) in [6.07, 6.45) is 1.64. The van der Waals surface area contributed by atoms with Crippen LogP contribution in [0.3, 0.4) is 0 Å². The van der Waals surface area contributed by atoms with Gasteiger partial charge in [-0.25, -0.2) is 0 Å². The molecule has 3 aromatic rings. The first-order valence-corrected chi connectivity index (χ1v) is 10.5. The number of furan rings is 1. The molecule has 160 valence electrons. The first-order chi connectivity index (χ1) is 13.8. The summed E-state index contributed by atoms with van der Waals surface area (Å²) in [6, 6.07) is 11.8. The Morgan fingerprint density at radius 3 is 1.50 bits per heavy atom. The maximum Gasteiger partial charge on any atom is 0.123 e. The summed E-state index contributed by atoms with van der Waals surface area (Å²) in [7, 11) is 0. The van der Waals surface area contributed by atoms with E-state index in [-0.39, 0.29) is 22.3 Å². The molecule has 1 aromatic heterocycles. The van der Waals surface area contributed by atoms with Gasteiger partial charge in [0, 0.05) is 11.1 Å². The third kappa shape index (κ3) is 4.12. The van der Waals surface area contributed by atoms with E-state index in [0.29, 0.717) is 5.76 Å². The van der Waals surface area contributed by atoms with Gasteiger partial charge in [-0.15, -0.1) is 0 Å². The largest absolute Gasteiger partial charge is 0.507 e. The molecule has 1 heterocycles. The second-order valence-corrected chi connectivity index (χ2v) is 10.4. The minimum Gasteiger partial charge on any atom is -0.507 e. The van der Waals surface area contributed by atoms with Gasteiger partial charge in [0.15, 0.2) is 0 Å². The second kappa shape index (κ2) is 7.54. The minimum atomic E-state index is -0.415. The molecule has 0 saturated heterocycles. The van der Waals surface area contributed by atoms with Crippen molar-refractivity contribution in [2.75, 3.05) is 0 Å². The highest BCUT2D eigenvalue weighted by Gasteiger charge is 2.31. The molecule has 0 bridgehead atoms. The summed E-state index contributed by atoms with van der Waals surface area (Å²) in [5, 5.41) is 22.7.